The van der Waals surface area contributed by atoms with Crippen molar-refractivity contribution in [3.8, 4) is 5.75 Å². The van der Waals surface area contributed by atoms with Crippen LogP contribution in [0.1, 0.15) is 20.8 Å². The lowest BCUT2D eigenvalue weighted by molar-refractivity contribution is -0.0418. The predicted molar refractivity (Wildman–Crippen MR) is 105 cm³/mol. The first-order valence-corrected chi connectivity index (χ1v) is 9.79. The number of amides is 1. The zero-order chi connectivity index (χ0) is 20.1. The summed E-state index contributed by atoms with van der Waals surface area (Å²) in [6.07, 6.45) is -0.385. The Bertz CT molecular complexity index is 674. The predicted octanol–water partition coefficient (Wildman–Crippen LogP) is 2.25. The number of piperazine rings is 1. The molecule has 1 aromatic carbocycles. The van der Waals surface area contributed by atoms with Crippen LogP contribution in [0.3, 0.4) is 0 Å². The number of ether oxygens (including phenoxy) is 3. The van der Waals surface area contributed by atoms with Crippen LogP contribution in [0.15, 0.2) is 18.2 Å². The Morgan fingerprint density at radius 2 is 2.04 bits per heavy atom. The minimum Gasteiger partial charge on any atom is -0.491 e. The van der Waals surface area contributed by atoms with Gasteiger partial charge in [0, 0.05) is 38.8 Å². The Kier molecular flexibility index (Phi) is 6.61. The first-order valence-electron chi connectivity index (χ1n) is 9.79. The van der Waals surface area contributed by atoms with E-state index < -0.39 is 5.60 Å². The summed E-state index contributed by atoms with van der Waals surface area (Å²) in [7, 11) is 0. The van der Waals surface area contributed by atoms with E-state index in [0.717, 1.165) is 26.2 Å². The molecule has 2 heterocycles. The number of hydrogen-bond acceptors (Lipinski definition) is 6. The summed E-state index contributed by atoms with van der Waals surface area (Å²) in [5.41, 5.74) is 0.0224. The molecule has 156 valence electrons. The largest absolute Gasteiger partial charge is 0.491 e. The van der Waals surface area contributed by atoms with E-state index in [-0.39, 0.29) is 24.6 Å². The van der Waals surface area contributed by atoms with E-state index in [1.165, 1.54) is 6.07 Å². The molecule has 0 bridgehead atoms. The molecule has 2 aliphatic heterocycles. The van der Waals surface area contributed by atoms with E-state index in [1.807, 2.05) is 25.7 Å². The van der Waals surface area contributed by atoms with E-state index in [0.29, 0.717) is 31.2 Å². The van der Waals surface area contributed by atoms with Crippen molar-refractivity contribution in [3.63, 3.8) is 0 Å². The highest BCUT2D eigenvalue weighted by atomic mass is 19.1. The molecule has 1 unspecified atom stereocenters. The van der Waals surface area contributed by atoms with Crippen molar-refractivity contribution in [2.75, 3.05) is 57.4 Å². The van der Waals surface area contributed by atoms with Crippen molar-refractivity contribution >= 4 is 11.8 Å². The lowest BCUT2D eigenvalue weighted by atomic mass is 10.2. The number of nitrogens with one attached hydrogen (secondary N) is 1. The van der Waals surface area contributed by atoms with Crippen LogP contribution in [0.25, 0.3) is 0 Å². The Hall–Kier alpha value is -2.06. The number of rotatable bonds is 4. The van der Waals surface area contributed by atoms with Gasteiger partial charge in [-0.1, -0.05) is 0 Å². The number of morpholine rings is 1. The molecule has 0 saturated carbocycles. The molecule has 7 nitrogen and oxygen atoms in total. The van der Waals surface area contributed by atoms with E-state index >= 15 is 0 Å². The lowest BCUT2D eigenvalue weighted by Crippen LogP contribution is -2.52. The molecular formula is C20H30FN3O4. The summed E-state index contributed by atoms with van der Waals surface area (Å²) in [6, 6.07) is 4.64. The third kappa shape index (κ3) is 5.48. The summed E-state index contributed by atoms with van der Waals surface area (Å²) in [5, 5.41) is 3.26. The standard InChI is InChI=1S/C20H30FN3O4/c1-20(2,3)28-19(25)24-10-11-26-13-15(24)14-27-16-4-5-18(17(21)12-16)23-8-6-22-7-9-23/h4-5,12,15,22H,6-11,13-14H2,1-3H3. The highest BCUT2D eigenvalue weighted by Crippen LogP contribution is 2.25. The number of carbonyl (C=O) groups is 1. The maximum Gasteiger partial charge on any atom is 0.410 e. The van der Waals surface area contributed by atoms with Crippen LogP contribution in [-0.4, -0.2) is 75.2 Å². The number of nitrogens with zero attached hydrogens (tertiary/aromatic N) is 2. The monoisotopic (exact) mass is 395 g/mol. The van der Waals surface area contributed by atoms with E-state index in [2.05, 4.69) is 5.32 Å². The summed E-state index contributed by atoms with van der Waals surface area (Å²) >= 11 is 0. The average Bonchev–Trinajstić information content (AvgIpc) is 2.66. The molecule has 1 N–H and O–H groups in total. The molecule has 8 heteroatoms. The van der Waals surface area contributed by atoms with Crippen LogP contribution >= 0.6 is 0 Å². The highest BCUT2D eigenvalue weighted by molar-refractivity contribution is 5.68. The average molecular weight is 395 g/mol. The number of carbonyl (C=O) groups excluding carboxylic acids is 1. The van der Waals surface area contributed by atoms with Crippen LogP contribution in [0.5, 0.6) is 5.75 Å². The maximum atomic E-state index is 14.5. The minimum atomic E-state index is -0.566. The summed E-state index contributed by atoms with van der Waals surface area (Å²) in [6.45, 7) is 10.2. The summed E-state index contributed by atoms with van der Waals surface area (Å²) in [4.78, 5) is 16.1. The van der Waals surface area contributed by atoms with Gasteiger partial charge in [-0.25, -0.2) is 9.18 Å². The molecule has 2 aliphatic rings. The van der Waals surface area contributed by atoms with Crippen LogP contribution < -0.4 is 15.0 Å². The first-order chi connectivity index (χ1) is 13.3. The van der Waals surface area contributed by atoms with Gasteiger partial charge in [0.15, 0.2) is 0 Å². The van der Waals surface area contributed by atoms with Gasteiger partial charge in [0.2, 0.25) is 0 Å². The first kappa shape index (κ1) is 20.7. The van der Waals surface area contributed by atoms with E-state index in [1.54, 1.807) is 17.0 Å². The third-order valence-corrected chi connectivity index (χ3v) is 4.67. The molecule has 28 heavy (non-hydrogen) atoms. The Morgan fingerprint density at radius 1 is 1.29 bits per heavy atom. The summed E-state index contributed by atoms with van der Waals surface area (Å²) < 4.78 is 31.3. The molecule has 0 radical (unpaired) electrons. The molecule has 0 spiro atoms. The molecule has 3 rings (SSSR count). The van der Waals surface area contributed by atoms with Crippen molar-refractivity contribution in [1.82, 2.24) is 10.2 Å². The van der Waals surface area contributed by atoms with Gasteiger partial charge >= 0.3 is 6.09 Å². The topological polar surface area (TPSA) is 63.3 Å². The minimum absolute atomic E-state index is 0.214. The van der Waals surface area contributed by atoms with Crippen molar-refractivity contribution in [3.05, 3.63) is 24.0 Å². The maximum absolute atomic E-state index is 14.5. The number of anilines is 1. The lowest BCUT2D eigenvalue weighted by Gasteiger charge is -2.36. The SMILES string of the molecule is CC(C)(C)OC(=O)N1CCOCC1COc1ccc(N2CCNCC2)c(F)c1. The molecule has 1 atom stereocenters. The smallest absolute Gasteiger partial charge is 0.410 e. The van der Waals surface area contributed by atoms with Gasteiger partial charge in [-0.15, -0.1) is 0 Å². The Labute approximate surface area is 165 Å². The summed E-state index contributed by atoms with van der Waals surface area (Å²) in [5.74, 6) is 0.134. The van der Waals surface area contributed by atoms with Crippen LogP contribution in [0.2, 0.25) is 0 Å². The highest BCUT2D eigenvalue weighted by Gasteiger charge is 2.31. The van der Waals surface area contributed by atoms with Crippen LogP contribution in [-0.2, 0) is 9.47 Å². The zero-order valence-electron chi connectivity index (χ0n) is 16.9. The van der Waals surface area contributed by atoms with E-state index in [9.17, 15) is 9.18 Å². The molecule has 2 fully saturated rings. The van der Waals surface area contributed by atoms with E-state index in [4.69, 9.17) is 14.2 Å². The fraction of sp³-hybridized carbons (Fsp3) is 0.650. The van der Waals surface area contributed by atoms with Gasteiger partial charge in [-0.3, -0.25) is 4.90 Å². The van der Waals surface area contributed by atoms with Crippen molar-refractivity contribution in [2.24, 2.45) is 0 Å². The van der Waals surface area contributed by atoms with Crippen molar-refractivity contribution in [2.45, 2.75) is 32.4 Å². The molecule has 1 amide bonds. The van der Waals surface area contributed by atoms with Gasteiger partial charge in [-0.05, 0) is 32.9 Å². The van der Waals surface area contributed by atoms with Crippen molar-refractivity contribution < 1.29 is 23.4 Å². The Balaban J connectivity index is 1.60. The molecule has 0 aromatic heterocycles. The zero-order valence-corrected chi connectivity index (χ0v) is 16.9. The van der Waals surface area contributed by atoms with Gasteiger partial charge in [0.05, 0.1) is 24.9 Å². The second kappa shape index (κ2) is 8.96. The third-order valence-electron chi connectivity index (χ3n) is 4.67. The quantitative estimate of drug-likeness (QED) is 0.844. The van der Waals surface area contributed by atoms with Gasteiger partial charge in [0.25, 0.3) is 0 Å². The van der Waals surface area contributed by atoms with Crippen LogP contribution in [0.4, 0.5) is 14.9 Å². The van der Waals surface area contributed by atoms with Gasteiger partial charge < -0.3 is 24.4 Å². The van der Waals surface area contributed by atoms with Gasteiger partial charge in [-0.2, -0.15) is 0 Å². The Morgan fingerprint density at radius 3 is 2.71 bits per heavy atom. The second-order valence-electron chi connectivity index (χ2n) is 8.06. The fourth-order valence-electron chi connectivity index (χ4n) is 3.29. The number of benzene rings is 1. The van der Waals surface area contributed by atoms with Gasteiger partial charge in [0.1, 0.15) is 23.8 Å². The normalized spacial score (nSPS) is 20.8. The van der Waals surface area contributed by atoms with Crippen LogP contribution in [0, 0.1) is 5.82 Å². The molecular weight excluding hydrogens is 365 g/mol. The van der Waals surface area contributed by atoms with Crippen molar-refractivity contribution in [1.29, 1.82) is 0 Å². The number of halogens is 1. The molecule has 1 aromatic rings. The second-order valence-corrected chi connectivity index (χ2v) is 8.06. The fourth-order valence-corrected chi connectivity index (χ4v) is 3.29. The molecule has 0 aliphatic carbocycles. The number of hydrogen-bond donors (Lipinski definition) is 1. The molecule has 2 saturated heterocycles.